The van der Waals surface area contributed by atoms with E-state index in [9.17, 15) is 49.1 Å². The summed E-state index contributed by atoms with van der Waals surface area (Å²) in [5.74, 6) is -6.13. The molecule has 0 aliphatic carbocycles. The van der Waals surface area contributed by atoms with Crippen molar-refractivity contribution in [2.24, 2.45) is 0 Å². The Morgan fingerprint density at radius 1 is 0.976 bits per heavy atom. The Bertz CT molecular complexity index is 1320. The summed E-state index contributed by atoms with van der Waals surface area (Å²) in [6.45, 7) is 2.08. The first-order valence-corrected chi connectivity index (χ1v) is 13.6. The molecule has 2 aromatic rings. The predicted molar refractivity (Wildman–Crippen MR) is 142 cm³/mol. The van der Waals surface area contributed by atoms with Gasteiger partial charge in [0.05, 0.1) is 44.6 Å². The lowest BCUT2D eigenvalue weighted by Gasteiger charge is -2.21. The molecule has 4 nitrogen and oxygen atoms in total. The van der Waals surface area contributed by atoms with E-state index in [2.05, 4.69) is 0 Å². The molecule has 1 N–H and O–H groups in total. The van der Waals surface area contributed by atoms with Crippen molar-refractivity contribution in [1.82, 2.24) is 5.32 Å². The molecule has 0 aromatic heterocycles. The minimum atomic E-state index is -5.22. The Morgan fingerprint density at radius 2 is 1.55 bits per heavy atom. The number of carbonyl (C=O) groups is 2. The average Bonchev–Trinajstić information content (AvgIpc) is 2.85. The van der Waals surface area contributed by atoms with Crippen LogP contribution in [0.25, 0.3) is 5.76 Å². The van der Waals surface area contributed by atoms with Crippen LogP contribution >= 0.6 is 46.6 Å². The second-order valence-corrected chi connectivity index (χ2v) is 10.6. The lowest BCUT2D eigenvalue weighted by Crippen LogP contribution is -2.38. The van der Waals surface area contributed by atoms with E-state index >= 15 is 0 Å². The number of allylic oxidation sites excluding steroid dienone is 1. The molecule has 0 saturated carbocycles. The van der Waals surface area contributed by atoms with Gasteiger partial charge in [-0.1, -0.05) is 52.6 Å². The van der Waals surface area contributed by atoms with Crippen LogP contribution in [0.15, 0.2) is 36.4 Å². The Labute approximate surface area is 252 Å². The maximum absolute atomic E-state index is 14.1. The number of hydrogen-bond donors (Lipinski definition) is 1. The standard InChI is InChI=1S/C25H19Cl3F9NO3S/c1-3-41-19(9-15(24(32,33)34)13-7-17(26)20(28)18(27)8-13)12-4-5-14(16(6-12)25(35,36)37)21(39)38-11(2)22(40)42-10-23(29,30)31/h4-9,11,15H,3,10H2,1-2H3,(H,38,39)/b19-9-/t11-,15?/m1/s1. The van der Waals surface area contributed by atoms with E-state index in [0.29, 0.717) is 18.2 Å². The molecule has 42 heavy (non-hydrogen) atoms. The summed E-state index contributed by atoms with van der Waals surface area (Å²) in [4.78, 5) is 24.5. The first-order chi connectivity index (χ1) is 19.2. The summed E-state index contributed by atoms with van der Waals surface area (Å²) in [6, 6.07) is 2.06. The van der Waals surface area contributed by atoms with Crippen LogP contribution < -0.4 is 5.32 Å². The number of amides is 1. The predicted octanol–water partition coefficient (Wildman–Crippen LogP) is 9.33. The van der Waals surface area contributed by atoms with Crippen LogP contribution in [0.4, 0.5) is 39.5 Å². The van der Waals surface area contributed by atoms with Crippen LogP contribution in [0, 0.1) is 0 Å². The largest absolute Gasteiger partial charge is 0.494 e. The molecule has 0 spiro atoms. The highest BCUT2D eigenvalue weighted by Gasteiger charge is 2.41. The Kier molecular flexibility index (Phi) is 12.0. The monoisotopic (exact) mass is 689 g/mol. The number of hydrogen-bond acceptors (Lipinski definition) is 4. The summed E-state index contributed by atoms with van der Waals surface area (Å²) >= 11 is 17.4. The average molecular weight is 691 g/mol. The molecule has 2 aromatic carbocycles. The van der Waals surface area contributed by atoms with Crippen molar-refractivity contribution in [2.75, 3.05) is 12.4 Å². The van der Waals surface area contributed by atoms with E-state index < -0.39 is 75.3 Å². The minimum absolute atomic E-state index is 0.182. The van der Waals surface area contributed by atoms with Gasteiger partial charge in [-0.05, 0) is 49.8 Å². The fourth-order valence-corrected chi connectivity index (χ4v) is 4.64. The van der Waals surface area contributed by atoms with E-state index in [4.69, 9.17) is 39.5 Å². The van der Waals surface area contributed by atoms with Crippen molar-refractivity contribution < 1.29 is 53.8 Å². The van der Waals surface area contributed by atoms with Gasteiger partial charge >= 0.3 is 18.5 Å². The third-order valence-corrected chi connectivity index (χ3v) is 7.58. The van der Waals surface area contributed by atoms with Gasteiger partial charge in [0.25, 0.3) is 5.91 Å². The lowest BCUT2D eigenvalue weighted by molar-refractivity contribution is -0.140. The second kappa shape index (κ2) is 14.0. The van der Waals surface area contributed by atoms with Crippen LogP contribution in [0.1, 0.15) is 46.8 Å². The maximum Gasteiger partial charge on any atom is 0.417 e. The topological polar surface area (TPSA) is 55.4 Å². The van der Waals surface area contributed by atoms with Crippen LogP contribution in [-0.2, 0) is 15.7 Å². The smallest absolute Gasteiger partial charge is 0.417 e. The zero-order valence-electron chi connectivity index (χ0n) is 21.2. The Hall–Kier alpha value is -2.29. The second-order valence-electron chi connectivity index (χ2n) is 8.46. The van der Waals surface area contributed by atoms with E-state index in [1.54, 1.807) is 0 Å². The highest BCUT2D eigenvalue weighted by atomic mass is 35.5. The fraction of sp³-hybridized carbons (Fsp3) is 0.360. The van der Waals surface area contributed by atoms with Gasteiger partial charge < -0.3 is 10.1 Å². The molecule has 2 rings (SSSR count). The van der Waals surface area contributed by atoms with Gasteiger partial charge in [0, 0.05) is 5.56 Å². The van der Waals surface area contributed by atoms with E-state index in [1.807, 2.05) is 5.32 Å². The van der Waals surface area contributed by atoms with Gasteiger partial charge in [0.2, 0.25) is 5.12 Å². The Morgan fingerprint density at radius 3 is 2.02 bits per heavy atom. The van der Waals surface area contributed by atoms with E-state index in [1.165, 1.54) is 6.92 Å². The van der Waals surface area contributed by atoms with Crippen molar-refractivity contribution >= 4 is 63.3 Å². The molecule has 0 bridgehead atoms. The first kappa shape index (κ1) is 35.9. The number of ether oxygens (including phenoxy) is 1. The summed E-state index contributed by atoms with van der Waals surface area (Å²) in [5.41, 5.74) is -3.63. The highest BCUT2D eigenvalue weighted by Crippen LogP contribution is 2.43. The highest BCUT2D eigenvalue weighted by molar-refractivity contribution is 8.13. The first-order valence-electron chi connectivity index (χ1n) is 11.5. The third-order valence-electron chi connectivity index (χ3n) is 5.27. The number of carbonyl (C=O) groups excluding carboxylic acids is 2. The maximum atomic E-state index is 14.1. The number of alkyl halides is 9. The fourth-order valence-electron chi connectivity index (χ4n) is 3.41. The molecule has 232 valence electrons. The van der Waals surface area contributed by atoms with Crippen molar-refractivity contribution in [3.63, 3.8) is 0 Å². The van der Waals surface area contributed by atoms with Gasteiger partial charge in [0.1, 0.15) is 11.7 Å². The molecule has 0 radical (unpaired) electrons. The molecule has 1 amide bonds. The molecular weight excluding hydrogens is 672 g/mol. The van der Waals surface area contributed by atoms with Crippen LogP contribution in [0.3, 0.4) is 0 Å². The zero-order chi connectivity index (χ0) is 32.2. The normalized spacial score (nSPS) is 14.4. The number of thioether (sulfide) groups is 1. The minimum Gasteiger partial charge on any atom is -0.494 e. The summed E-state index contributed by atoms with van der Waals surface area (Å²) < 4.78 is 127. The van der Waals surface area contributed by atoms with Gasteiger partial charge in [-0.25, -0.2) is 0 Å². The van der Waals surface area contributed by atoms with Crippen molar-refractivity contribution in [3.05, 3.63) is 73.7 Å². The zero-order valence-corrected chi connectivity index (χ0v) is 24.3. The molecule has 1 unspecified atom stereocenters. The van der Waals surface area contributed by atoms with E-state index in [-0.39, 0.29) is 33.4 Å². The number of nitrogens with one attached hydrogen (secondary N) is 1. The number of halogens is 12. The van der Waals surface area contributed by atoms with E-state index in [0.717, 1.165) is 25.1 Å². The van der Waals surface area contributed by atoms with Crippen LogP contribution in [-0.4, -0.2) is 41.8 Å². The van der Waals surface area contributed by atoms with Crippen molar-refractivity contribution in [3.8, 4) is 0 Å². The molecule has 0 fully saturated rings. The molecular formula is C25H19Cl3F9NO3S. The van der Waals surface area contributed by atoms with Crippen LogP contribution in [0.5, 0.6) is 0 Å². The third kappa shape index (κ3) is 9.88. The molecule has 0 saturated heterocycles. The summed E-state index contributed by atoms with van der Waals surface area (Å²) in [7, 11) is 0. The van der Waals surface area contributed by atoms with Gasteiger partial charge in [-0.3, -0.25) is 9.59 Å². The van der Waals surface area contributed by atoms with Gasteiger partial charge in [-0.2, -0.15) is 39.5 Å². The molecule has 0 aliphatic rings. The lowest BCUT2D eigenvalue weighted by atomic mass is 9.95. The SMILES string of the molecule is CCO/C(=C\C(c1cc(Cl)c(Cl)c(Cl)c1)C(F)(F)F)c1ccc(C(=O)N[C@H](C)C(=O)SCC(F)(F)F)c(C(F)(F)F)c1. The summed E-state index contributed by atoms with van der Waals surface area (Å²) in [5, 5.41) is -0.0843. The van der Waals surface area contributed by atoms with Gasteiger partial charge in [0.15, 0.2) is 0 Å². The van der Waals surface area contributed by atoms with Crippen LogP contribution in [0.2, 0.25) is 15.1 Å². The molecule has 0 aliphatic heterocycles. The molecule has 0 heterocycles. The molecule has 2 atom stereocenters. The number of benzene rings is 2. The molecule has 17 heteroatoms. The van der Waals surface area contributed by atoms with Crippen molar-refractivity contribution in [2.45, 2.75) is 44.3 Å². The Balaban J connectivity index is 2.55. The van der Waals surface area contributed by atoms with Gasteiger partial charge in [-0.15, -0.1) is 0 Å². The van der Waals surface area contributed by atoms with Crippen molar-refractivity contribution in [1.29, 1.82) is 0 Å². The summed E-state index contributed by atoms with van der Waals surface area (Å²) in [6.07, 6.45) is -14.4. The number of rotatable bonds is 9. The quantitative estimate of drug-likeness (QED) is 0.162.